The van der Waals surface area contributed by atoms with Crippen LogP contribution in [0, 0.1) is 5.82 Å². The number of hydrogen-bond donors (Lipinski definition) is 3. The van der Waals surface area contributed by atoms with Crippen LogP contribution in [0.15, 0.2) is 71.8 Å². The summed E-state index contributed by atoms with van der Waals surface area (Å²) >= 11 is 0. The molecule has 3 aromatic carbocycles. The van der Waals surface area contributed by atoms with Crippen molar-refractivity contribution in [3.05, 3.63) is 89.2 Å². The Kier molecular flexibility index (Phi) is 8.55. The minimum Gasteiger partial charge on any atom is -0.505 e. The maximum atomic E-state index is 13.7. The number of nitrogens with two attached hydrogens (primary N) is 1. The predicted octanol–water partition coefficient (Wildman–Crippen LogP) is 2.86. The van der Waals surface area contributed by atoms with Crippen molar-refractivity contribution in [2.75, 3.05) is 26.8 Å². The van der Waals surface area contributed by atoms with Gasteiger partial charge in [0, 0.05) is 42.9 Å². The average Bonchev–Trinajstić information content (AvgIpc) is 3.36. The van der Waals surface area contributed by atoms with E-state index in [-0.39, 0.29) is 41.1 Å². The molecule has 4 N–H and O–H groups in total. The van der Waals surface area contributed by atoms with Crippen molar-refractivity contribution in [3.8, 4) is 17.2 Å². The number of amides is 1. The summed E-state index contributed by atoms with van der Waals surface area (Å²) in [6.45, 7) is 2.32. The number of nitrogens with zero attached hydrogens (tertiary/aromatic N) is 2. The SMILES string of the molecule is COc1cc(OCC(=O)N[C@@H]2CCN(Cc3ccccc3)C2)ccc1C(=NN)C(=O)c1ccc(O)c(F)c1. The number of carbonyl (C=O) groups is 2. The number of likely N-dealkylation sites (tertiary alicyclic amines) is 1. The van der Waals surface area contributed by atoms with Gasteiger partial charge in [-0.15, -0.1) is 0 Å². The van der Waals surface area contributed by atoms with Gasteiger partial charge in [0.1, 0.15) is 17.2 Å². The lowest BCUT2D eigenvalue weighted by Crippen LogP contribution is -2.39. The molecule has 0 saturated carbocycles. The normalized spacial score (nSPS) is 15.7. The van der Waals surface area contributed by atoms with Gasteiger partial charge in [-0.25, -0.2) is 4.39 Å². The molecule has 38 heavy (non-hydrogen) atoms. The number of carbonyl (C=O) groups excluding carboxylic acids is 2. The largest absolute Gasteiger partial charge is 0.505 e. The molecule has 4 rings (SSSR count). The molecule has 1 heterocycles. The molecule has 1 fully saturated rings. The van der Waals surface area contributed by atoms with E-state index >= 15 is 0 Å². The van der Waals surface area contributed by atoms with E-state index in [1.165, 1.54) is 30.9 Å². The summed E-state index contributed by atoms with van der Waals surface area (Å²) in [5.41, 5.74) is 1.28. The van der Waals surface area contributed by atoms with Gasteiger partial charge in [0.15, 0.2) is 18.2 Å². The lowest BCUT2D eigenvalue weighted by molar-refractivity contribution is -0.123. The number of halogens is 1. The standard InChI is InChI=1S/C28H29FN4O5/c1-37-25-14-21(8-9-22(25)27(32-30)28(36)19-7-10-24(34)23(29)13-19)38-17-26(35)31-20-11-12-33(16-20)15-18-5-3-2-4-6-18/h2-10,13-14,20,34H,11-12,15-17,30H2,1H3,(H,31,35)/t20-/m1/s1. The maximum absolute atomic E-state index is 13.7. The fourth-order valence-electron chi connectivity index (χ4n) is 4.35. The summed E-state index contributed by atoms with van der Waals surface area (Å²) in [6, 6.07) is 18.1. The summed E-state index contributed by atoms with van der Waals surface area (Å²) < 4.78 is 24.8. The second-order valence-corrected chi connectivity index (χ2v) is 8.90. The number of aromatic hydroxyl groups is 1. The number of phenolic OH excluding ortho intramolecular Hbond substituents is 1. The summed E-state index contributed by atoms with van der Waals surface area (Å²) in [5.74, 6) is 3.64. The van der Waals surface area contributed by atoms with Crippen molar-refractivity contribution in [1.29, 1.82) is 0 Å². The van der Waals surface area contributed by atoms with Gasteiger partial charge in [0.2, 0.25) is 5.78 Å². The molecule has 1 amide bonds. The minimum atomic E-state index is -0.942. The first-order valence-corrected chi connectivity index (χ1v) is 12.1. The van der Waals surface area contributed by atoms with Gasteiger partial charge in [0.05, 0.1) is 7.11 Å². The van der Waals surface area contributed by atoms with Gasteiger partial charge in [-0.05, 0) is 42.3 Å². The Morgan fingerprint density at radius 1 is 1.16 bits per heavy atom. The molecule has 0 aromatic heterocycles. The van der Waals surface area contributed by atoms with E-state index in [0.717, 1.165) is 38.2 Å². The lowest BCUT2D eigenvalue weighted by Gasteiger charge is -2.17. The van der Waals surface area contributed by atoms with Crippen LogP contribution in [0.3, 0.4) is 0 Å². The van der Waals surface area contributed by atoms with E-state index in [0.29, 0.717) is 5.75 Å². The molecular weight excluding hydrogens is 491 g/mol. The zero-order valence-corrected chi connectivity index (χ0v) is 20.9. The predicted molar refractivity (Wildman–Crippen MR) is 140 cm³/mol. The fraction of sp³-hybridized carbons (Fsp3) is 0.250. The van der Waals surface area contributed by atoms with E-state index < -0.39 is 17.3 Å². The molecule has 10 heteroatoms. The summed E-state index contributed by atoms with van der Waals surface area (Å²) in [4.78, 5) is 27.7. The smallest absolute Gasteiger partial charge is 0.258 e. The quantitative estimate of drug-likeness (QED) is 0.162. The number of rotatable bonds is 10. The number of phenols is 1. The van der Waals surface area contributed by atoms with Crippen molar-refractivity contribution in [1.82, 2.24) is 10.2 Å². The van der Waals surface area contributed by atoms with Crippen molar-refractivity contribution in [2.24, 2.45) is 10.9 Å². The number of Topliss-reactive ketones (excluding diaryl/α,β-unsaturated/α-hetero) is 1. The molecule has 0 radical (unpaired) electrons. The molecule has 9 nitrogen and oxygen atoms in total. The Balaban J connectivity index is 1.34. The third-order valence-electron chi connectivity index (χ3n) is 6.24. The van der Waals surface area contributed by atoms with Crippen LogP contribution in [0.25, 0.3) is 0 Å². The van der Waals surface area contributed by atoms with E-state index in [2.05, 4.69) is 27.5 Å². The number of hydrazone groups is 1. The van der Waals surface area contributed by atoms with E-state index in [9.17, 15) is 19.1 Å². The third kappa shape index (κ3) is 6.46. The van der Waals surface area contributed by atoms with E-state index in [1.54, 1.807) is 6.07 Å². The first-order valence-electron chi connectivity index (χ1n) is 12.1. The van der Waals surface area contributed by atoms with Crippen LogP contribution >= 0.6 is 0 Å². The highest BCUT2D eigenvalue weighted by molar-refractivity contribution is 6.51. The van der Waals surface area contributed by atoms with Crippen LogP contribution in [0.2, 0.25) is 0 Å². The zero-order chi connectivity index (χ0) is 27.1. The number of methoxy groups -OCH3 is 1. The molecule has 0 aliphatic carbocycles. The average molecular weight is 521 g/mol. The van der Waals surface area contributed by atoms with Crippen LogP contribution in [0.4, 0.5) is 4.39 Å². The highest BCUT2D eigenvalue weighted by atomic mass is 19.1. The number of benzene rings is 3. The summed E-state index contributed by atoms with van der Waals surface area (Å²) in [7, 11) is 1.40. The van der Waals surface area contributed by atoms with Gasteiger partial charge in [0.25, 0.3) is 5.91 Å². The van der Waals surface area contributed by atoms with E-state index in [4.69, 9.17) is 15.3 Å². The molecule has 1 aliphatic heterocycles. The first-order chi connectivity index (χ1) is 18.4. The summed E-state index contributed by atoms with van der Waals surface area (Å²) in [6.07, 6.45) is 0.862. The van der Waals surface area contributed by atoms with Gasteiger partial charge in [-0.2, -0.15) is 5.10 Å². The minimum absolute atomic E-state index is 0.0437. The molecule has 3 aromatic rings. The molecule has 198 valence electrons. The molecular formula is C28H29FN4O5. The van der Waals surface area contributed by atoms with Gasteiger partial charge in [-0.1, -0.05) is 30.3 Å². The Bertz CT molecular complexity index is 1330. The second-order valence-electron chi connectivity index (χ2n) is 8.90. The lowest BCUT2D eigenvalue weighted by atomic mass is 9.99. The van der Waals surface area contributed by atoms with Gasteiger partial charge in [-0.3, -0.25) is 14.5 Å². The number of hydrogen-bond acceptors (Lipinski definition) is 8. The Morgan fingerprint density at radius 2 is 1.95 bits per heavy atom. The van der Waals surface area contributed by atoms with Crippen LogP contribution in [0.5, 0.6) is 17.2 Å². The molecule has 0 bridgehead atoms. The highest BCUT2D eigenvalue weighted by Gasteiger charge is 2.25. The van der Waals surface area contributed by atoms with Crippen molar-refractivity contribution >= 4 is 17.4 Å². The Hall–Kier alpha value is -4.44. The van der Waals surface area contributed by atoms with Crippen molar-refractivity contribution < 1.29 is 28.6 Å². The third-order valence-corrected chi connectivity index (χ3v) is 6.24. The molecule has 1 aliphatic rings. The van der Waals surface area contributed by atoms with Gasteiger partial charge >= 0.3 is 0 Å². The molecule has 0 unspecified atom stereocenters. The zero-order valence-electron chi connectivity index (χ0n) is 20.9. The Morgan fingerprint density at radius 3 is 2.66 bits per heavy atom. The first kappa shape index (κ1) is 26.6. The number of nitrogens with one attached hydrogen (secondary N) is 1. The van der Waals surface area contributed by atoms with E-state index in [1.807, 2.05) is 18.2 Å². The molecule has 1 atom stereocenters. The number of ether oxygens (including phenoxy) is 2. The molecule has 1 saturated heterocycles. The van der Waals surface area contributed by atoms with Crippen LogP contribution in [-0.2, 0) is 11.3 Å². The fourth-order valence-corrected chi connectivity index (χ4v) is 4.35. The topological polar surface area (TPSA) is 126 Å². The number of ketones is 1. The van der Waals surface area contributed by atoms with Crippen molar-refractivity contribution in [3.63, 3.8) is 0 Å². The van der Waals surface area contributed by atoms with Crippen LogP contribution in [-0.4, -0.2) is 60.3 Å². The van der Waals surface area contributed by atoms with Gasteiger partial charge < -0.3 is 25.7 Å². The monoisotopic (exact) mass is 520 g/mol. The van der Waals surface area contributed by atoms with Crippen LogP contribution < -0.4 is 20.6 Å². The Labute approximate surface area is 219 Å². The second kappa shape index (κ2) is 12.2. The maximum Gasteiger partial charge on any atom is 0.258 e. The summed E-state index contributed by atoms with van der Waals surface area (Å²) in [5, 5.41) is 16.0. The molecule has 0 spiro atoms. The van der Waals surface area contributed by atoms with Crippen LogP contribution in [0.1, 0.15) is 27.9 Å². The van der Waals surface area contributed by atoms with Crippen molar-refractivity contribution in [2.45, 2.75) is 19.0 Å². The highest BCUT2D eigenvalue weighted by Crippen LogP contribution is 2.27.